The van der Waals surface area contributed by atoms with Crippen molar-refractivity contribution >= 4 is 16.7 Å². The van der Waals surface area contributed by atoms with Crippen molar-refractivity contribution in [2.75, 3.05) is 0 Å². The molecule has 2 aromatic carbocycles. The summed E-state index contributed by atoms with van der Waals surface area (Å²) in [6, 6.07) is 14.1. The molecular weight excluding hydrogens is 314 g/mol. The van der Waals surface area contributed by atoms with Gasteiger partial charge in [-0.1, -0.05) is 65.3 Å². The van der Waals surface area contributed by atoms with Crippen LogP contribution in [0.4, 0.5) is 5.69 Å². The molecule has 0 bridgehead atoms. The molecule has 1 radical (unpaired) electrons. The standard InChI is InChI=1S/C21H28NOS/c1-15-8-10-19(11-9-15)24(23)22-18-13-16(20(2,3)4)12-17(14-18)21(5,6)7/h8-14H,1-7H3. The van der Waals surface area contributed by atoms with Crippen LogP contribution in [0.25, 0.3) is 0 Å². The molecule has 2 aromatic rings. The predicted octanol–water partition coefficient (Wildman–Crippen LogP) is 6.43. The van der Waals surface area contributed by atoms with Crippen molar-refractivity contribution in [3.63, 3.8) is 0 Å². The highest BCUT2D eigenvalue weighted by molar-refractivity contribution is 7.81. The summed E-state index contributed by atoms with van der Waals surface area (Å²) < 4.78 is 17.1. The van der Waals surface area contributed by atoms with Gasteiger partial charge in [0.15, 0.2) is 0 Å². The molecule has 0 amide bonds. The second-order valence-corrected chi connectivity index (χ2v) is 9.57. The van der Waals surface area contributed by atoms with Crippen molar-refractivity contribution in [2.45, 2.75) is 64.2 Å². The lowest BCUT2D eigenvalue weighted by Gasteiger charge is -2.25. The Morgan fingerprint density at radius 2 is 1.25 bits per heavy atom. The number of rotatable bonds is 2. The lowest BCUT2D eigenvalue weighted by molar-refractivity contribution is 0.518. The van der Waals surface area contributed by atoms with Crippen molar-refractivity contribution in [2.24, 2.45) is 4.36 Å². The Bertz CT molecular complexity index is 715. The maximum atomic E-state index is 12.6. The van der Waals surface area contributed by atoms with E-state index in [1.807, 2.05) is 31.2 Å². The second-order valence-electron chi connectivity index (χ2n) is 8.42. The fourth-order valence-corrected chi connectivity index (χ4v) is 3.10. The van der Waals surface area contributed by atoms with Gasteiger partial charge in [-0.05, 0) is 53.1 Å². The molecule has 0 heterocycles. The molecule has 0 aliphatic rings. The smallest absolute Gasteiger partial charge is 0.105 e. The van der Waals surface area contributed by atoms with Gasteiger partial charge in [0.2, 0.25) is 0 Å². The third-order valence-electron chi connectivity index (χ3n) is 4.06. The Morgan fingerprint density at radius 1 is 0.792 bits per heavy atom. The van der Waals surface area contributed by atoms with E-state index in [0.717, 1.165) is 16.1 Å². The highest BCUT2D eigenvalue weighted by Gasteiger charge is 2.20. The van der Waals surface area contributed by atoms with E-state index in [1.54, 1.807) is 0 Å². The zero-order valence-corrected chi connectivity index (χ0v) is 16.6. The Labute approximate surface area is 149 Å². The fourth-order valence-electron chi connectivity index (χ4n) is 2.33. The van der Waals surface area contributed by atoms with Gasteiger partial charge in [-0.3, -0.25) is 0 Å². The first kappa shape index (κ1) is 18.9. The van der Waals surface area contributed by atoms with Gasteiger partial charge in [0.25, 0.3) is 0 Å². The Hall–Kier alpha value is -1.45. The first-order chi connectivity index (χ1) is 11.0. The summed E-state index contributed by atoms with van der Waals surface area (Å²) in [5, 5.41) is 0. The minimum atomic E-state index is -1.39. The molecule has 0 N–H and O–H groups in total. The van der Waals surface area contributed by atoms with Crippen LogP contribution in [0.2, 0.25) is 0 Å². The third-order valence-corrected chi connectivity index (χ3v) is 5.11. The highest BCUT2D eigenvalue weighted by atomic mass is 32.2. The minimum Gasteiger partial charge on any atom is -0.195 e. The number of hydrogen-bond acceptors (Lipinski definition) is 1. The largest absolute Gasteiger partial charge is 0.195 e. The average Bonchev–Trinajstić information content (AvgIpc) is 2.45. The fraction of sp³-hybridized carbons (Fsp3) is 0.429. The normalized spacial score (nSPS) is 14.0. The van der Waals surface area contributed by atoms with E-state index in [4.69, 9.17) is 0 Å². The zero-order valence-electron chi connectivity index (χ0n) is 15.8. The molecule has 3 heteroatoms. The van der Waals surface area contributed by atoms with E-state index >= 15 is 0 Å². The quantitative estimate of drug-likeness (QED) is 0.602. The van der Waals surface area contributed by atoms with Crippen LogP contribution in [0, 0.1) is 6.92 Å². The van der Waals surface area contributed by atoms with Crippen molar-refractivity contribution in [3.05, 3.63) is 59.2 Å². The summed E-state index contributed by atoms with van der Waals surface area (Å²) in [6.07, 6.45) is 0. The van der Waals surface area contributed by atoms with Crippen molar-refractivity contribution in [1.29, 1.82) is 0 Å². The summed E-state index contributed by atoms with van der Waals surface area (Å²) >= 11 is 0. The SMILES string of the molecule is Cc1ccc(S([O])=Nc2cc(C(C)(C)C)cc(C(C)(C)C)c2)cc1. The number of hydrogen-bond donors (Lipinski definition) is 0. The Balaban J connectivity index is 2.52. The molecule has 24 heavy (non-hydrogen) atoms. The maximum absolute atomic E-state index is 12.6. The van der Waals surface area contributed by atoms with Gasteiger partial charge in [0.1, 0.15) is 11.0 Å². The summed E-state index contributed by atoms with van der Waals surface area (Å²) in [7, 11) is -1.39. The van der Waals surface area contributed by atoms with Crippen LogP contribution in [0.1, 0.15) is 58.2 Å². The van der Waals surface area contributed by atoms with E-state index in [2.05, 4.69) is 64.1 Å². The van der Waals surface area contributed by atoms with Crippen molar-refractivity contribution in [1.82, 2.24) is 0 Å². The topological polar surface area (TPSA) is 32.3 Å². The van der Waals surface area contributed by atoms with Crippen molar-refractivity contribution < 1.29 is 4.55 Å². The molecule has 2 nitrogen and oxygen atoms in total. The van der Waals surface area contributed by atoms with E-state index in [-0.39, 0.29) is 10.8 Å². The van der Waals surface area contributed by atoms with Gasteiger partial charge in [-0.15, -0.1) is 4.55 Å². The number of benzene rings is 2. The average molecular weight is 343 g/mol. The van der Waals surface area contributed by atoms with Crippen LogP contribution in [-0.4, -0.2) is 0 Å². The molecule has 0 aromatic heterocycles. The van der Waals surface area contributed by atoms with E-state index < -0.39 is 11.0 Å². The second kappa shape index (κ2) is 6.81. The highest BCUT2D eigenvalue weighted by Crippen LogP contribution is 2.33. The molecule has 2 rings (SSSR count). The van der Waals surface area contributed by atoms with Crippen LogP contribution < -0.4 is 0 Å². The Morgan fingerprint density at radius 3 is 1.67 bits per heavy atom. The number of nitrogens with zero attached hydrogens (tertiary/aromatic N) is 1. The molecule has 1 atom stereocenters. The molecule has 1 unspecified atom stereocenters. The third kappa shape index (κ3) is 4.78. The number of aryl methyl sites for hydroxylation is 1. The molecule has 0 aliphatic heterocycles. The lowest BCUT2D eigenvalue weighted by Crippen LogP contribution is -2.16. The van der Waals surface area contributed by atoms with Crippen LogP contribution in [-0.2, 0) is 26.4 Å². The molecule has 0 saturated heterocycles. The van der Waals surface area contributed by atoms with E-state index in [9.17, 15) is 4.55 Å². The first-order valence-electron chi connectivity index (χ1n) is 8.33. The molecule has 0 fully saturated rings. The zero-order chi connectivity index (χ0) is 18.1. The lowest BCUT2D eigenvalue weighted by atomic mass is 9.80. The monoisotopic (exact) mass is 342 g/mol. The molecule has 0 aliphatic carbocycles. The van der Waals surface area contributed by atoms with Crippen LogP contribution >= 0.6 is 0 Å². The summed E-state index contributed by atoms with van der Waals surface area (Å²) in [5.41, 5.74) is 4.42. The van der Waals surface area contributed by atoms with Crippen LogP contribution in [0.5, 0.6) is 0 Å². The van der Waals surface area contributed by atoms with Gasteiger partial charge < -0.3 is 0 Å². The van der Waals surface area contributed by atoms with Gasteiger partial charge in [0, 0.05) is 4.90 Å². The predicted molar refractivity (Wildman–Crippen MR) is 103 cm³/mol. The van der Waals surface area contributed by atoms with Gasteiger partial charge in [-0.25, -0.2) is 0 Å². The van der Waals surface area contributed by atoms with E-state index in [0.29, 0.717) is 0 Å². The van der Waals surface area contributed by atoms with Gasteiger partial charge >= 0.3 is 0 Å². The molecule has 129 valence electrons. The van der Waals surface area contributed by atoms with E-state index in [1.165, 1.54) is 11.1 Å². The summed E-state index contributed by atoms with van der Waals surface area (Å²) in [5.74, 6) is 0. The molecule has 0 saturated carbocycles. The van der Waals surface area contributed by atoms with Crippen LogP contribution in [0.15, 0.2) is 51.7 Å². The molecular formula is C21H28NOS. The maximum Gasteiger partial charge on any atom is 0.105 e. The summed E-state index contributed by atoms with van der Waals surface area (Å²) in [6.45, 7) is 15.2. The van der Waals surface area contributed by atoms with Gasteiger partial charge in [-0.2, -0.15) is 4.36 Å². The summed E-state index contributed by atoms with van der Waals surface area (Å²) in [4.78, 5) is 0.735. The minimum absolute atomic E-state index is 0.0247. The van der Waals surface area contributed by atoms with Gasteiger partial charge in [0.05, 0.1) is 5.69 Å². The first-order valence-corrected chi connectivity index (χ1v) is 9.44. The molecule has 0 spiro atoms. The van der Waals surface area contributed by atoms with Crippen molar-refractivity contribution in [3.8, 4) is 0 Å². The van der Waals surface area contributed by atoms with Crippen LogP contribution in [0.3, 0.4) is 0 Å². The Kier molecular flexibility index (Phi) is 5.36.